The maximum absolute atomic E-state index is 12.3. The third kappa shape index (κ3) is 6.80. The highest BCUT2D eigenvalue weighted by atomic mass is 28.4. The number of hydrogen-bond acceptors (Lipinski definition) is 5. The monoisotopic (exact) mass is 469 g/mol. The number of rotatable bonds is 5. The van der Waals surface area contributed by atoms with Gasteiger partial charge in [0.2, 0.25) is 0 Å². The summed E-state index contributed by atoms with van der Waals surface area (Å²) < 4.78 is 12.2. The third-order valence-electron chi connectivity index (χ3n) is 6.26. The molecule has 1 atom stereocenters. The summed E-state index contributed by atoms with van der Waals surface area (Å²) in [5, 5.41) is 2.97. The zero-order valence-corrected chi connectivity index (χ0v) is 22.4. The Kier molecular flexibility index (Phi) is 7.24. The van der Waals surface area contributed by atoms with Gasteiger partial charge in [0.15, 0.2) is 8.32 Å². The first-order valence-corrected chi connectivity index (χ1v) is 14.6. The molecule has 7 heteroatoms. The summed E-state index contributed by atoms with van der Waals surface area (Å²) in [6, 6.07) is 12.4. The Hall–Kier alpha value is -2.38. The summed E-state index contributed by atoms with van der Waals surface area (Å²) in [5.74, 6) is 0. The van der Waals surface area contributed by atoms with E-state index < -0.39 is 20.0 Å². The van der Waals surface area contributed by atoms with Crippen molar-refractivity contribution in [2.24, 2.45) is 0 Å². The molecule has 2 heterocycles. The van der Waals surface area contributed by atoms with E-state index in [2.05, 4.69) is 68.3 Å². The zero-order chi connectivity index (χ0) is 24.4. The van der Waals surface area contributed by atoms with Crippen molar-refractivity contribution in [1.29, 1.82) is 0 Å². The van der Waals surface area contributed by atoms with Crippen LogP contribution in [-0.2, 0) is 22.1 Å². The van der Waals surface area contributed by atoms with Crippen molar-refractivity contribution in [1.82, 2.24) is 4.98 Å². The minimum absolute atomic E-state index is 0.0827. The SMILES string of the molecule is CC(C)(C)OC(=O)Nc1cnc2c(c1)N(Cc1ccccc1)CC(O[Si](C)(C)C(C)(C)C)C2. The van der Waals surface area contributed by atoms with Gasteiger partial charge in [0.1, 0.15) is 5.60 Å². The van der Waals surface area contributed by atoms with Gasteiger partial charge in [-0.25, -0.2) is 4.79 Å². The zero-order valence-electron chi connectivity index (χ0n) is 21.4. The molecule has 0 aliphatic carbocycles. The second-order valence-electron chi connectivity index (χ2n) is 11.4. The van der Waals surface area contributed by atoms with Crippen molar-refractivity contribution < 1.29 is 14.0 Å². The number of ether oxygens (including phenoxy) is 1. The molecule has 0 fully saturated rings. The number of aromatic nitrogens is 1. The van der Waals surface area contributed by atoms with E-state index >= 15 is 0 Å². The topological polar surface area (TPSA) is 63.7 Å². The molecule has 1 aliphatic rings. The molecule has 0 spiro atoms. The molecule has 0 radical (unpaired) electrons. The molecule has 0 bridgehead atoms. The predicted molar refractivity (Wildman–Crippen MR) is 137 cm³/mol. The van der Waals surface area contributed by atoms with Crippen LogP contribution >= 0.6 is 0 Å². The summed E-state index contributed by atoms with van der Waals surface area (Å²) in [7, 11) is -1.92. The van der Waals surface area contributed by atoms with Crippen LogP contribution < -0.4 is 10.2 Å². The molecule has 33 heavy (non-hydrogen) atoms. The van der Waals surface area contributed by atoms with Gasteiger partial charge in [-0.3, -0.25) is 10.3 Å². The number of carbonyl (C=O) groups is 1. The van der Waals surface area contributed by atoms with E-state index in [1.165, 1.54) is 5.56 Å². The molecule has 180 valence electrons. The smallest absolute Gasteiger partial charge is 0.412 e. The van der Waals surface area contributed by atoms with Crippen molar-refractivity contribution >= 4 is 25.8 Å². The molecule has 1 aromatic carbocycles. The van der Waals surface area contributed by atoms with Gasteiger partial charge in [-0.05, 0) is 50.5 Å². The van der Waals surface area contributed by atoms with Gasteiger partial charge in [0.05, 0.1) is 29.4 Å². The lowest BCUT2D eigenvalue weighted by Gasteiger charge is -2.43. The summed E-state index contributed by atoms with van der Waals surface area (Å²) in [6.45, 7) is 18.5. The van der Waals surface area contributed by atoms with E-state index in [9.17, 15) is 4.79 Å². The normalized spacial score (nSPS) is 16.8. The van der Waals surface area contributed by atoms with Gasteiger partial charge in [0, 0.05) is 19.5 Å². The van der Waals surface area contributed by atoms with Crippen molar-refractivity contribution in [3.05, 3.63) is 53.9 Å². The second kappa shape index (κ2) is 9.47. The van der Waals surface area contributed by atoms with E-state index in [0.29, 0.717) is 5.69 Å². The highest BCUT2D eigenvalue weighted by Crippen LogP contribution is 2.39. The lowest BCUT2D eigenvalue weighted by Crippen LogP contribution is -2.49. The fraction of sp³-hybridized carbons (Fsp3) is 0.538. The first kappa shape index (κ1) is 25.2. The standard InChI is InChI=1S/C26H39N3O3Si/c1-25(2,3)31-24(30)28-20-14-23-22(27-16-20)15-21(32-33(7,8)26(4,5)6)18-29(23)17-19-12-10-9-11-13-19/h9-14,16,21H,15,17-18H2,1-8H3,(H,28,30). The maximum atomic E-state index is 12.3. The van der Waals surface area contributed by atoms with Crippen LogP contribution in [0.3, 0.4) is 0 Å². The van der Waals surface area contributed by atoms with E-state index in [-0.39, 0.29) is 11.1 Å². The Labute approximate surface area is 199 Å². The molecule has 3 rings (SSSR count). The number of hydrogen-bond donors (Lipinski definition) is 1. The van der Waals surface area contributed by atoms with Crippen LogP contribution in [-0.4, -0.2) is 37.6 Å². The molecule has 1 amide bonds. The number of fused-ring (bicyclic) bond motifs is 1. The predicted octanol–water partition coefficient (Wildman–Crippen LogP) is 6.38. The fourth-order valence-corrected chi connectivity index (χ4v) is 5.00. The summed E-state index contributed by atoms with van der Waals surface area (Å²) in [4.78, 5) is 19.3. The third-order valence-corrected chi connectivity index (χ3v) is 10.8. The Morgan fingerprint density at radius 1 is 1.15 bits per heavy atom. The van der Waals surface area contributed by atoms with Crippen LogP contribution in [0.1, 0.15) is 52.8 Å². The van der Waals surface area contributed by atoms with Gasteiger partial charge >= 0.3 is 6.09 Å². The first-order chi connectivity index (χ1) is 15.2. The molecule has 0 saturated carbocycles. The minimum atomic E-state index is -1.92. The Morgan fingerprint density at radius 2 is 1.82 bits per heavy atom. The Bertz CT molecular complexity index is 965. The molecule has 2 aromatic rings. The molecule has 1 aliphatic heterocycles. The van der Waals surface area contributed by atoms with Crippen LogP contribution in [0.5, 0.6) is 0 Å². The van der Waals surface area contributed by atoms with Crippen molar-refractivity contribution in [2.45, 2.75) is 84.3 Å². The van der Waals surface area contributed by atoms with E-state index in [4.69, 9.17) is 14.1 Å². The van der Waals surface area contributed by atoms with Crippen molar-refractivity contribution in [3.8, 4) is 0 Å². The number of carbonyl (C=O) groups excluding carboxylic acids is 1. The van der Waals surface area contributed by atoms with Crippen LogP contribution in [0.4, 0.5) is 16.2 Å². The van der Waals surface area contributed by atoms with Crippen LogP contribution in [0.15, 0.2) is 42.6 Å². The van der Waals surface area contributed by atoms with Gasteiger partial charge in [-0.1, -0.05) is 51.1 Å². The number of nitrogens with one attached hydrogen (secondary N) is 1. The molecule has 0 saturated heterocycles. The van der Waals surface area contributed by atoms with E-state index in [1.807, 2.05) is 32.9 Å². The maximum Gasteiger partial charge on any atom is 0.412 e. The number of nitrogens with zero attached hydrogens (tertiary/aromatic N) is 2. The Morgan fingerprint density at radius 3 is 2.42 bits per heavy atom. The van der Waals surface area contributed by atoms with Crippen LogP contribution in [0.2, 0.25) is 18.1 Å². The van der Waals surface area contributed by atoms with Crippen molar-refractivity contribution in [2.75, 3.05) is 16.8 Å². The van der Waals surface area contributed by atoms with Crippen LogP contribution in [0.25, 0.3) is 0 Å². The fourth-order valence-electron chi connectivity index (χ4n) is 3.65. The largest absolute Gasteiger partial charge is 0.444 e. The first-order valence-electron chi connectivity index (χ1n) is 11.7. The summed E-state index contributed by atoms with van der Waals surface area (Å²) >= 11 is 0. The highest BCUT2D eigenvalue weighted by molar-refractivity contribution is 6.74. The average Bonchev–Trinajstić information content (AvgIpc) is 2.66. The average molecular weight is 470 g/mol. The lowest BCUT2D eigenvalue weighted by molar-refractivity contribution is 0.0636. The molecule has 1 N–H and O–H groups in total. The lowest BCUT2D eigenvalue weighted by atomic mass is 10.0. The van der Waals surface area contributed by atoms with Gasteiger partial charge in [-0.2, -0.15) is 0 Å². The highest BCUT2D eigenvalue weighted by Gasteiger charge is 2.40. The van der Waals surface area contributed by atoms with E-state index in [1.54, 1.807) is 6.20 Å². The number of amides is 1. The van der Waals surface area contributed by atoms with Gasteiger partial charge in [0.25, 0.3) is 0 Å². The van der Waals surface area contributed by atoms with E-state index in [0.717, 1.165) is 30.9 Å². The van der Waals surface area contributed by atoms with Gasteiger partial charge < -0.3 is 14.1 Å². The minimum Gasteiger partial charge on any atom is -0.444 e. The summed E-state index contributed by atoms with van der Waals surface area (Å²) in [5.41, 5.74) is 3.32. The van der Waals surface area contributed by atoms with Gasteiger partial charge in [-0.15, -0.1) is 0 Å². The van der Waals surface area contributed by atoms with Crippen LogP contribution in [0, 0.1) is 0 Å². The molecule has 1 unspecified atom stereocenters. The number of benzene rings is 1. The van der Waals surface area contributed by atoms with Crippen molar-refractivity contribution in [3.63, 3.8) is 0 Å². The second-order valence-corrected chi connectivity index (χ2v) is 16.1. The molecule has 1 aromatic heterocycles. The summed E-state index contributed by atoms with van der Waals surface area (Å²) in [6.07, 6.45) is 2.07. The Balaban J connectivity index is 1.87. The number of pyridine rings is 1. The molecule has 6 nitrogen and oxygen atoms in total. The molecular weight excluding hydrogens is 430 g/mol. The number of anilines is 2. The quantitative estimate of drug-likeness (QED) is 0.515. The molecular formula is C26H39N3O3Si.